The van der Waals surface area contributed by atoms with Gasteiger partial charge >= 0.3 is 0 Å². The van der Waals surface area contributed by atoms with Gasteiger partial charge in [-0.2, -0.15) is 5.10 Å². The number of aliphatic hydroxyl groups excluding tert-OH is 1. The maximum Gasteiger partial charge on any atom is 0.126 e. The first-order valence-electron chi connectivity index (χ1n) is 6.60. The van der Waals surface area contributed by atoms with Crippen LogP contribution in [0.1, 0.15) is 38.0 Å². The second-order valence-electron chi connectivity index (χ2n) is 5.11. The van der Waals surface area contributed by atoms with Gasteiger partial charge in [-0.25, -0.2) is 0 Å². The van der Waals surface area contributed by atoms with E-state index in [0.717, 1.165) is 19.3 Å². The zero-order valence-corrected chi connectivity index (χ0v) is 12.2. The fourth-order valence-corrected chi connectivity index (χ4v) is 2.70. The Bertz CT molecular complexity index is 416. The van der Waals surface area contributed by atoms with Gasteiger partial charge in [0.2, 0.25) is 0 Å². The third-order valence-corrected chi connectivity index (χ3v) is 3.97. The lowest BCUT2D eigenvalue weighted by Gasteiger charge is -2.38. The molecule has 1 fully saturated rings. The molecule has 5 nitrogen and oxygen atoms in total. The molecule has 1 aromatic rings. The lowest BCUT2D eigenvalue weighted by atomic mass is 9.88. The molecule has 1 N–H and O–H groups in total. The fraction of sp³-hybridized carbons (Fsp3) is 0.769. The molecule has 19 heavy (non-hydrogen) atoms. The molecule has 0 bridgehead atoms. The van der Waals surface area contributed by atoms with Gasteiger partial charge in [0.1, 0.15) is 6.10 Å². The van der Waals surface area contributed by atoms with Crippen molar-refractivity contribution in [1.82, 2.24) is 9.78 Å². The number of nitrogens with zero attached hydrogens (tertiary/aromatic N) is 2. The van der Waals surface area contributed by atoms with E-state index in [9.17, 15) is 5.11 Å². The molecule has 1 aliphatic heterocycles. The normalized spacial score (nSPS) is 25.5. The molecule has 0 amide bonds. The van der Waals surface area contributed by atoms with Gasteiger partial charge in [-0.15, -0.1) is 0 Å². The monoisotopic (exact) mass is 288 g/mol. The third-order valence-electron chi connectivity index (χ3n) is 3.68. The molecule has 6 heteroatoms. The molecule has 0 saturated carbocycles. The van der Waals surface area contributed by atoms with Crippen LogP contribution in [-0.4, -0.2) is 40.8 Å². The summed E-state index contributed by atoms with van der Waals surface area (Å²) < 4.78 is 12.5. The van der Waals surface area contributed by atoms with Crippen molar-refractivity contribution in [3.05, 3.63) is 16.9 Å². The third kappa shape index (κ3) is 3.11. The van der Waals surface area contributed by atoms with Crippen molar-refractivity contribution in [3.63, 3.8) is 0 Å². The number of hydrogen-bond acceptors (Lipinski definition) is 4. The Balaban J connectivity index is 2.21. The van der Waals surface area contributed by atoms with E-state index in [4.69, 9.17) is 21.1 Å². The van der Waals surface area contributed by atoms with E-state index in [-0.39, 0.29) is 0 Å². The minimum atomic E-state index is -0.778. The van der Waals surface area contributed by atoms with E-state index < -0.39 is 11.7 Å². The van der Waals surface area contributed by atoms with Gasteiger partial charge < -0.3 is 14.6 Å². The molecule has 1 aliphatic rings. The van der Waals surface area contributed by atoms with Crippen LogP contribution in [0.5, 0.6) is 0 Å². The maximum atomic E-state index is 10.6. The molecular formula is C13H21ClN2O3. The lowest BCUT2D eigenvalue weighted by Crippen LogP contribution is -2.40. The molecule has 108 valence electrons. The van der Waals surface area contributed by atoms with Crippen molar-refractivity contribution in [1.29, 1.82) is 0 Å². The summed E-state index contributed by atoms with van der Waals surface area (Å²) in [6.45, 7) is 3.69. The quantitative estimate of drug-likeness (QED) is 0.902. The summed E-state index contributed by atoms with van der Waals surface area (Å²) in [5.74, 6) is 0. The zero-order valence-electron chi connectivity index (χ0n) is 11.4. The van der Waals surface area contributed by atoms with Crippen molar-refractivity contribution in [2.45, 2.75) is 44.4 Å². The highest BCUT2D eigenvalue weighted by atomic mass is 35.5. The number of aliphatic hydroxyl groups is 1. The zero-order chi connectivity index (χ0) is 13.9. The Hall–Kier alpha value is -0.620. The molecule has 0 aliphatic carbocycles. The molecular weight excluding hydrogens is 268 g/mol. The highest BCUT2D eigenvalue weighted by molar-refractivity contribution is 6.31. The van der Waals surface area contributed by atoms with Crippen LogP contribution >= 0.6 is 11.6 Å². The number of halogens is 1. The van der Waals surface area contributed by atoms with Crippen LogP contribution in [0.15, 0.2) is 6.20 Å². The van der Waals surface area contributed by atoms with Crippen molar-refractivity contribution < 1.29 is 14.6 Å². The molecule has 2 atom stereocenters. The average Bonchev–Trinajstić information content (AvgIpc) is 2.77. The van der Waals surface area contributed by atoms with Crippen LogP contribution in [0, 0.1) is 0 Å². The molecule has 0 spiro atoms. The minimum absolute atomic E-state index is 0.471. The average molecular weight is 289 g/mol. The highest BCUT2D eigenvalue weighted by Crippen LogP contribution is 2.38. The van der Waals surface area contributed by atoms with Crippen LogP contribution in [0.3, 0.4) is 0 Å². The summed E-state index contributed by atoms with van der Waals surface area (Å²) in [5, 5.41) is 15.3. The van der Waals surface area contributed by atoms with Gasteiger partial charge in [0, 0.05) is 13.7 Å². The first kappa shape index (κ1) is 14.8. The predicted molar refractivity (Wildman–Crippen MR) is 72.3 cm³/mol. The number of rotatable bonds is 5. The second-order valence-corrected chi connectivity index (χ2v) is 5.52. The minimum Gasteiger partial charge on any atom is -0.384 e. The smallest absolute Gasteiger partial charge is 0.126 e. The molecule has 0 aromatic carbocycles. The van der Waals surface area contributed by atoms with Crippen LogP contribution < -0.4 is 0 Å². The Kier molecular flexibility index (Phi) is 4.84. The Morgan fingerprint density at radius 2 is 2.42 bits per heavy atom. The maximum absolute atomic E-state index is 10.6. The van der Waals surface area contributed by atoms with E-state index in [0.29, 0.717) is 30.5 Å². The van der Waals surface area contributed by atoms with Crippen molar-refractivity contribution in [2.24, 2.45) is 0 Å². The topological polar surface area (TPSA) is 56.5 Å². The van der Waals surface area contributed by atoms with E-state index >= 15 is 0 Å². The van der Waals surface area contributed by atoms with Crippen molar-refractivity contribution >= 4 is 11.6 Å². The molecule has 1 aromatic heterocycles. The molecule has 2 rings (SSSR count). The van der Waals surface area contributed by atoms with Crippen LogP contribution in [0.25, 0.3) is 0 Å². The van der Waals surface area contributed by atoms with Crippen LogP contribution in [-0.2, 0) is 16.0 Å². The largest absolute Gasteiger partial charge is 0.384 e. The number of ether oxygens (including phenoxy) is 2. The summed E-state index contributed by atoms with van der Waals surface area (Å²) in [6.07, 6.45) is 3.69. The summed E-state index contributed by atoms with van der Waals surface area (Å²) in [7, 11) is 1.63. The fourth-order valence-electron chi connectivity index (χ4n) is 2.46. The molecule has 0 radical (unpaired) electrons. The Morgan fingerprint density at radius 1 is 1.63 bits per heavy atom. The standard InChI is InChI=1S/C13H21ClN2O3/c1-13(5-3-4-7-19-13)12(17)11-10(14)9-15-16(11)6-8-18-2/h9,12,17H,3-8H2,1-2H3. The first-order valence-corrected chi connectivity index (χ1v) is 6.98. The van der Waals surface area contributed by atoms with Gasteiger partial charge in [0.05, 0.1) is 35.7 Å². The first-order chi connectivity index (χ1) is 9.08. The SMILES string of the molecule is COCCn1ncc(Cl)c1C(O)C1(C)CCCCO1. The predicted octanol–water partition coefficient (Wildman–Crippen LogP) is 2.18. The summed E-state index contributed by atoms with van der Waals surface area (Å²) in [4.78, 5) is 0. The van der Waals surface area contributed by atoms with Crippen LogP contribution in [0.2, 0.25) is 5.02 Å². The van der Waals surface area contributed by atoms with Gasteiger partial charge in [-0.05, 0) is 26.2 Å². The molecule has 1 saturated heterocycles. The van der Waals surface area contributed by atoms with Crippen molar-refractivity contribution in [3.8, 4) is 0 Å². The lowest BCUT2D eigenvalue weighted by molar-refractivity contribution is -0.140. The van der Waals surface area contributed by atoms with E-state index in [2.05, 4.69) is 5.10 Å². The summed E-state index contributed by atoms with van der Waals surface area (Å²) in [5.41, 5.74) is 0.0235. The Morgan fingerprint density at radius 3 is 3.05 bits per heavy atom. The van der Waals surface area contributed by atoms with E-state index in [1.54, 1.807) is 18.0 Å². The van der Waals surface area contributed by atoms with Gasteiger partial charge in [0.15, 0.2) is 0 Å². The summed E-state index contributed by atoms with van der Waals surface area (Å²) >= 11 is 6.16. The highest BCUT2D eigenvalue weighted by Gasteiger charge is 2.39. The van der Waals surface area contributed by atoms with E-state index in [1.165, 1.54) is 0 Å². The van der Waals surface area contributed by atoms with Gasteiger partial charge in [-0.1, -0.05) is 11.6 Å². The number of aromatic nitrogens is 2. The number of hydrogen-bond donors (Lipinski definition) is 1. The van der Waals surface area contributed by atoms with E-state index in [1.807, 2.05) is 6.92 Å². The second kappa shape index (κ2) is 6.22. The Labute approximate surface area is 118 Å². The number of methoxy groups -OCH3 is 1. The van der Waals surface area contributed by atoms with Gasteiger partial charge in [-0.3, -0.25) is 4.68 Å². The molecule has 2 heterocycles. The molecule has 2 unspecified atom stereocenters. The van der Waals surface area contributed by atoms with Crippen LogP contribution in [0.4, 0.5) is 0 Å². The summed E-state index contributed by atoms with van der Waals surface area (Å²) in [6, 6.07) is 0. The van der Waals surface area contributed by atoms with Crippen molar-refractivity contribution in [2.75, 3.05) is 20.3 Å². The van der Waals surface area contributed by atoms with Gasteiger partial charge in [0.25, 0.3) is 0 Å².